The van der Waals surface area contributed by atoms with Crippen LogP contribution in [0.1, 0.15) is 15.9 Å². The largest absolute Gasteiger partial charge is 0.481 e. The molecule has 146 valence electrons. The first-order valence-corrected chi connectivity index (χ1v) is 11.0. The number of ether oxygens (including phenoxy) is 1. The Kier molecular flexibility index (Phi) is 5.79. The maximum Gasteiger partial charge on any atom is 0.259 e. The van der Waals surface area contributed by atoms with E-state index in [1.165, 1.54) is 30.7 Å². The molecule has 0 atom stereocenters. The summed E-state index contributed by atoms with van der Waals surface area (Å²) in [7, 11) is -2.61. The number of primary sulfonamides is 1. The van der Waals surface area contributed by atoms with Crippen LogP contribution in [0.4, 0.5) is 5.13 Å². The number of rotatable bonds is 5. The SMILES string of the molecule is COc1ccc(-c2ccc(S(N)(=O)=O)c(C(=O)Nc3ncc(Br)s3)c2C)cn1. The Morgan fingerprint density at radius 2 is 1.96 bits per heavy atom. The minimum atomic E-state index is -4.12. The topological polar surface area (TPSA) is 124 Å². The van der Waals surface area contributed by atoms with Gasteiger partial charge in [-0.2, -0.15) is 0 Å². The quantitative estimate of drug-likeness (QED) is 0.575. The third-order valence-corrected chi connectivity index (χ3v) is 6.26. The van der Waals surface area contributed by atoms with Gasteiger partial charge < -0.3 is 4.74 Å². The molecule has 2 aromatic heterocycles. The second-order valence-electron chi connectivity index (χ2n) is 5.67. The average Bonchev–Trinajstić information content (AvgIpc) is 3.05. The van der Waals surface area contributed by atoms with Gasteiger partial charge in [0.1, 0.15) is 0 Å². The van der Waals surface area contributed by atoms with Crippen molar-refractivity contribution < 1.29 is 17.9 Å². The predicted octanol–water partition coefficient (Wildman–Crippen LogP) is 3.18. The van der Waals surface area contributed by atoms with Crippen LogP contribution in [0.15, 0.2) is 45.3 Å². The summed E-state index contributed by atoms with van der Waals surface area (Å²) in [4.78, 5) is 20.8. The average molecular weight is 483 g/mol. The van der Waals surface area contributed by atoms with E-state index < -0.39 is 15.9 Å². The molecule has 11 heteroatoms. The van der Waals surface area contributed by atoms with E-state index in [1.807, 2.05) is 0 Å². The second-order valence-corrected chi connectivity index (χ2v) is 9.61. The van der Waals surface area contributed by atoms with Crippen molar-refractivity contribution in [3.63, 3.8) is 0 Å². The fourth-order valence-corrected chi connectivity index (χ4v) is 4.54. The lowest BCUT2D eigenvalue weighted by molar-refractivity contribution is 0.102. The summed E-state index contributed by atoms with van der Waals surface area (Å²) < 4.78 is 29.9. The molecule has 0 saturated heterocycles. The molecule has 8 nitrogen and oxygen atoms in total. The number of carbonyl (C=O) groups excluding carboxylic acids is 1. The highest BCUT2D eigenvalue weighted by atomic mass is 79.9. The van der Waals surface area contributed by atoms with Crippen molar-refractivity contribution in [1.29, 1.82) is 0 Å². The van der Waals surface area contributed by atoms with Gasteiger partial charge in [0.25, 0.3) is 5.91 Å². The van der Waals surface area contributed by atoms with Gasteiger partial charge in [-0.05, 0) is 46.1 Å². The molecule has 3 N–H and O–H groups in total. The lowest BCUT2D eigenvalue weighted by atomic mass is 9.97. The van der Waals surface area contributed by atoms with Gasteiger partial charge in [0.05, 0.1) is 27.6 Å². The van der Waals surface area contributed by atoms with Crippen LogP contribution in [-0.4, -0.2) is 31.4 Å². The number of carbonyl (C=O) groups is 1. The molecule has 0 aliphatic carbocycles. The van der Waals surface area contributed by atoms with Crippen LogP contribution in [0.3, 0.4) is 0 Å². The molecule has 0 radical (unpaired) electrons. The van der Waals surface area contributed by atoms with Crippen LogP contribution in [-0.2, 0) is 10.0 Å². The number of nitrogens with one attached hydrogen (secondary N) is 1. The molecule has 2 heterocycles. The van der Waals surface area contributed by atoms with Gasteiger partial charge in [-0.1, -0.05) is 17.4 Å². The Hall–Kier alpha value is -2.34. The number of anilines is 1. The molecule has 0 bridgehead atoms. The van der Waals surface area contributed by atoms with Crippen LogP contribution in [0.2, 0.25) is 0 Å². The number of nitrogens with zero attached hydrogens (tertiary/aromatic N) is 2. The number of pyridine rings is 1. The first-order valence-electron chi connectivity index (χ1n) is 7.80. The molecule has 0 aliphatic heterocycles. The fourth-order valence-electron chi connectivity index (χ4n) is 2.65. The first kappa shape index (κ1) is 20.4. The zero-order valence-corrected chi connectivity index (χ0v) is 18.0. The Bertz CT molecular complexity index is 1140. The van der Waals surface area contributed by atoms with Crippen LogP contribution >= 0.6 is 27.3 Å². The zero-order valence-electron chi connectivity index (χ0n) is 14.8. The van der Waals surface area contributed by atoms with E-state index in [9.17, 15) is 13.2 Å². The van der Waals surface area contributed by atoms with Gasteiger partial charge in [-0.3, -0.25) is 10.1 Å². The molecule has 0 fully saturated rings. The number of aromatic nitrogens is 2. The summed E-state index contributed by atoms with van der Waals surface area (Å²) in [5.74, 6) is -0.179. The maximum absolute atomic E-state index is 12.9. The molecule has 0 aliphatic rings. The number of methoxy groups -OCH3 is 1. The van der Waals surface area contributed by atoms with Gasteiger partial charge in [0, 0.05) is 17.8 Å². The Morgan fingerprint density at radius 3 is 2.50 bits per heavy atom. The van der Waals surface area contributed by atoms with Crippen molar-refractivity contribution >= 4 is 48.3 Å². The summed E-state index contributed by atoms with van der Waals surface area (Å²) in [6.45, 7) is 1.65. The van der Waals surface area contributed by atoms with E-state index in [1.54, 1.807) is 31.3 Å². The maximum atomic E-state index is 12.9. The molecule has 3 rings (SSSR count). The summed E-state index contributed by atoms with van der Waals surface area (Å²) in [5, 5.41) is 8.27. The van der Waals surface area contributed by atoms with E-state index in [0.717, 1.165) is 3.79 Å². The molecule has 1 amide bonds. The Balaban J connectivity index is 2.12. The number of amides is 1. The summed E-state index contributed by atoms with van der Waals surface area (Å²) in [6, 6.07) is 6.35. The van der Waals surface area contributed by atoms with Crippen molar-refractivity contribution in [2.45, 2.75) is 11.8 Å². The fraction of sp³-hybridized carbons (Fsp3) is 0.118. The third kappa shape index (κ3) is 4.22. The minimum absolute atomic E-state index is 0.0397. The van der Waals surface area contributed by atoms with E-state index in [-0.39, 0.29) is 10.5 Å². The molecule has 0 saturated carbocycles. The van der Waals surface area contributed by atoms with Crippen LogP contribution in [0.5, 0.6) is 5.88 Å². The second kappa shape index (κ2) is 7.95. The number of hydrogen-bond acceptors (Lipinski definition) is 7. The molecule has 0 spiro atoms. The highest BCUT2D eigenvalue weighted by Crippen LogP contribution is 2.31. The molecule has 3 aromatic rings. The van der Waals surface area contributed by atoms with E-state index in [2.05, 4.69) is 31.2 Å². The number of hydrogen-bond donors (Lipinski definition) is 2. The van der Waals surface area contributed by atoms with Crippen LogP contribution in [0, 0.1) is 6.92 Å². The third-order valence-electron chi connectivity index (χ3n) is 3.91. The smallest absolute Gasteiger partial charge is 0.259 e. The van der Waals surface area contributed by atoms with Crippen molar-refractivity contribution in [3.8, 4) is 17.0 Å². The Morgan fingerprint density at radius 1 is 1.21 bits per heavy atom. The molecule has 1 aromatic carbocycles. The van der Waals surface area contributed by atoms with Gasteiger partial charge >= 0.3 is 0 Å². The predicted molar refractivity (Wildman–Crippen MR) is 110 cm³/mol. The zero-order chi connectivity index (χ0) is 20.5. The number of halogens is 1. The van der Waals surface area contributed by atoms with Gasteiger partial charge in [0.2, 0.25) is 15.9 Å². The summed E-state index contributed by atoms with van der Waals surface area (Å²) in [6.07, 6.45) is 3.12. The number of sulfonamides is 1. The summed E-state index contributed by atoms with van der Waals surface area (Å²) >= 11 is 4.47. The minimum Gasteiger partial charge on any atom is -0.481 e. The highest BCUT2D eigenvalue weighted by Gasteiger charge is 2.24. The lowest BCUT2D eigenvalue weighted by Gasteiger charge is -2.15. The molecular formula is C17H15BrN4O4S2. The number of thiazole rings is 1. The normalized spacial score (nSPS) is 11.3. The van der Waals surface area contributed by atoms with E-state index >= 15 is 0 Å². The first-order chi connectivity index (χ1) is 13.2. The number of nitrogens with two attached hydrogens (primary N) is 1. The van der Waals surface area contributed by atoms with Crippen molar-refractivity contribution in [2.75, 3.05) is 12.4 Å². The Labute approximate surface area is 174 Å². The lowest BCUT2D eigenvalue weighted by Crippen LogP contribution is -2.22. The molecule has 0 unspecified atom stereocenters. The van der Waals surface area contributed by atoms with Crippen LogP contribution in [0.25, 0.3) is 11.1 Å². The molecule has 28 heavy (non-hydrogen) atoms. The van der Waals surface area contributed by atoms with Crippen LogP contribution < -0.4 is 15.2 Å². The number of benzene rings is 1. The highest BCUT2D eigenvalue weighted by molar-refractivity contribution is 9.11. The van der Waals surface area contributed by atoms with Gasteiger partial charge in [-0.15, -0.1) is 0 Å². The van der Waals surface area contributed by atoms with E-state index in [4.69, 9.17) is 9.88 Å². The van der Waals surface area contributed by atoms with E-state index in [0.29, 0.717) is 27.7 Å². The monoisotopic (exact) mass is 482 g/mol. The summed E-state index contributed by atoms with van der Waals surface area (Å²) in [5.41, 5.74) is 1.76. The van der Waals surface area contributed by atoms with Crippen molar-refractivity contribution in [2.24, 2.45) is 5.14 Å². The molecular weight excluding hydrogens is 468 g/mol. The van der Waals surface area contributed by atoms with Crippen molar-refractivity contribution in [1.82, 2.24) is 9.97 Å². The van der Waals surface area contributed by atoms with Gasteiger partial charge in [-0.25, -0.2) is 23.5 Å². The standard InChI is InChI=1S/C17H15BrN4O4S2/c1-9-11(10-3-6-14(26-2)20-7-10)4-5-12(28(19,24)25)15(9)16(23)22-17-21-8-13(18)27-17/h3-8H,1-2H3,(H2,19,24,25)(H,21,22,23). The van der Waals surface area contributed by atoms with Crippen molar-refractivity contribution in [3.05, 3.63) is 51.6 Å². The van der Waals surface area contributed by atoms with Gasteiger partial charge in [0.15, 0.2) is 5.13 Å².